The zero-order chi connectivity index (χ0) is 14.4. The van der Waals surface area contributed by atoms with E-state index in [1.807, 2.05) is 0 Å². The van der Waals surface area contributed by atoms with Crippen molar-refractivity contribution in [2.45, 2.75) is 38.9 Å². The van der Waals surface area contributed by atoms with Gasteiger partial charge in [0.1, 0.15) is 0 Å². The Balaban J connectivity index is 1.81. The third kappa shape index (κ3) is 5.37. The van der Waals surface area contributed by atoms with Gasteiger partial charge in [-0.3, -0.25) is 4.21 Å². The van der Waals surface area contributed by atoms with Gasteiger partial charge in [0.2, 0.25) is 0 Å². The summed E-state index contributed by atoms with van der Waals surface area (Å²) in [5.74, 6) is 2.80. The van der Waals surface area contributed by atoms with Gasteiger partial charge >= 0.3 is 0 Å². The van der Waals surface area contributed by atoms with Crippen molar-refractivity contribution in [2.75, 3.05) is 19.0 Å². The van der Waals surface area contributed by atoms with E-state index < -0.39 is 10.8 Å². The van der Waals surface area contributed by atoms with E-state index in [9.17, 15) is 4.21 Å². The van der Waals surface area contributed by atoms with E-state index in [2.05, 4.69) is 38.1 Å². The minimum Gasteiger partial charge on any atom is -0.381 e. The molecule has 1 saturated heterocycles. The smallest absolute Gasteiger partial charge is 0.0485 e. The highest BCUT2D eigenvalue weighted by molar-refractivity contribution is 7.84. The normalized spacial score (nSPS) is 18.4. The fourth-order valence-electron chi connectivity index (χ4n) is 2.66. The van der Waals surface area contributed by atoms with E-state index in [0.717, 1.165) is 38.2 Å². The maximum atomic E-state index is 12.2. The molecule has 0 radical (unpaired) electrons. The largest absolute Gasteiger partial charge is 0.381 e. The van der Waals surface area contributed by atoms with Crippen LogP contribution in [0.5, 0.6) is 0 Å². The molecule has 0 unspecified atom stereocenters. The first-order valence-corrected chi connectivity index (χ1v) is 9.13. The molecule has 0 saturated carbocycles. The summed E-state index contributed by atoms with van der Waals surface area (Å²) in [7, 11) is -0.741. The fraction of sp³-hybridized carbons (Fsp3) is 0.647. The van der Waals surface area contributed by atoms with Gasteiger partial charge in [-0.05, 0) is 42.2 Å². The number of hydrogen-bond acceptors (Lipinski definition) is 2. The molecule has 1 fully saturated rings. The first-order valence-electron chi connectivity index (χ1n) is 7.64. The van der Waals surface area contributed by atoms with Gasteiger partial charge in [-0.1, -0.05) is 38.1 Å². The fourth-order valence-corrected chi connectivity index (χ4v) is 4.20. The summed E-state index contributed by atoms with van der Waals surface area (Å²) in [6.45, 7) is 6.14. The van der Waals surface area contributed by atoms with Crippen molar-refractivity contribution in [1.82, 2.24) is 0 Å². The highest BCUT2D eigenvalue weighted by Gasteiger charge is 2.16. The van der Waals surface area contributed by atoms with Crippen LogP contribution in [-0.4, -0.2) is 23.2 Å². The van der Waals surface area contributed by atoms with E-state index in [-0.39, 0.29) is 0 Å². The lowest BCUT2D eigenvalue weighted by atomic mass is 10.0. The molecule has 0 amide bonds. The Morgan fingerprint density at radius 2 is 1.75 bits per heavy atom. The summed E-state index contributed by atoms with van der Waals surface area (Å²) in [6, 6.07) is 8.64. The number of benzene rings is 1. The van der Waals surface area contributed by atoms with Crippen LogP contribution in [0.25, 0.3) is 0 Å². The maximum Gasteiger partial charge on any atom is 0.0485 e. The maximum absolute atomic E-state index is 12.2. The summed E-state index contributed by atoms with van der Waals surface area (Å²) >= 11 is 0. The van der Waals surface area contributed by atoms with Crippen LogP contribution in [0.15, 0.2) is 24.3 Å². The Morgan fingerprint density at radius 3 is 2.35 bits per heavy atom. The topological polar surface area (TPSA) is 26.3 Å². The molecular weight excluding hydrogens is 268 g/mol. The van der Waals surface area contributed by atoms with E-state index in [1.54, 1.807) is 0 Å². The Labute approximate surface area is 125 Å². The van der Waals surface area contributed by atoms with Crippen molar-refractivity contribution >= 4 is 10.8 Å². The molecule has 1 aromatic rings. The van der Waals surface area contributed by atoms with Crippen LogP contribution >= 0.6 is 0 Å². The molecule has 0 aliphatic carbocycles. The Hall–Kier alpha value is -0.670. The molecule has 2 rings (SSSR count). The second kappa shape index (κ2) is 7.94. The molecular formula is C17H26O2S. The van der Waals surface area contributed by atoms with Gasteiger partial charge in [-0.2, -0.15) is 0 Å². The quantitative estimate of drug-likeness (QED) is 0.802. The average molecular weight is 294 g/mol. The number of ether oxygens (including phenoxy) is 1. The zero-order valence-corrected chi connectivity index (χ0v) is 13.5. The minimum atomic E-state index is -0.741. The molecule has 0 bridgehead atoms. The molecule has 1 atom stereocenters. The molecule has 1 aromatic carbocycles. The predicted molar refractivity (Wildman–Crippen MR) is 85.2 cm³/mol. The standard InChI is InChI=1S/C17H26O2S/c1-14(2)11-15-3-5-16(6-4-15)12-20(18)13-17-7-9-19-10-8-17/h3-6,14,17H,7-13H2,1-2H3/t20-/m0/s1. The zero-order valence-electron chi connectivity index (χ0n) is 12.6. The first-order chi connectivity index (χ1) is 9.63. The SMILES string of the molecule is CC(C)Cc1ccc(C[S@](=O)CC2CCOCC2)cc1. The van der Waals surface area contributed by atoms with Crippen molar-refractivity contribution in [3.05, 3.63) is 35.4 Å². The van der Waals surface area contributed by atoms with Crippen molar-refractivity contribution in [2.24, 2.45) is 11.8 Å². The van der Waals surface area contributed by atoms with E-state index >= 15 is 0 Å². The molecule has 20 heavy (non-hydrogen) atoms. The van der Waals surface area contributed by atoms with Crippen LogP contribution in [-0.2, 0) is 27.7 Å². The van der Waals surface area contributed by atoms with E-state index in [4.69, 9.17) is 4.74 Å². The predicted octanol–water partition coefficient (Wildman–Crippen LogP) is 3.56. The second-order valence-electron chi connectivity index (χ2n) is 6.22. The van der Waals surface area contributed by atoms with Gasteiger partial charge in [0, 0.05) is 35.5 Å². The first kappa shape index (κ1) is 15.7. The lowest BCUT2D eigenvalue weighted by Gasteiger charge is -2.21. The second-order valence-corrected chi connectivity index (χ2v) is 7.72. The molecule has 2 nitrogen and oxygen atoms in total. The lowest BCUT2D eigenvalue weighted by molar-refractivity contribution is 0.0725. The molecule has 1 heterocycles. The van der Waals surface area contributed by atoms with Gasteiger partial charge in [-0.25, -0.2) is 0 Å². The Bertz CT molecular complexity index is 419. The minimum absolute atomic E-state index is 0.588. The summed E-state index contributed by atoms with van der Waals surface area (Å²) in [5.41, 5.74) is 2.57. The van der Waals surface area contributed by atoms with Gasteiger partial charge in [0.05, 0.1) is 0 Å². The third-order valence-corrected chi connectivity index (χ3v) is 5.26. The third-order valence-electron chi connectivity index (χ3n) is 3.76. The number of hydrogen-bond donors (Lipinski definition) is 0. The molecule has 0 aromatic heterocycles. The summed E-state index contributed by atoms with van der Waals surface area (Å²) < 4.78 is 17.6. The van der Waals surface area contributed by atoms with E-state index in [0.29, 0.717) is 17.6 Å². The van der Waals surface area contributed by atoms with Crippen molar-refractivity contribution in [1.29, 1.82) is 0 Å². The summed E-state index contributed by atoms with van der Waals surface area (Å²) in [4.78, 5) is 0. The van der Waals surface area contributed by atoms with Crippen LogP contribution in [0.2, 0.25) is 0 Å². The Morgan fingerprint density at radius 1 is 1.15 bits per heavy atom. The monoisotopic (exact) mass is 294 g/mol. The summed E-state index contributed by atoms with van der Waals surface area (Å²) in [6.07, 6.45) is 3.25. The molecule has 3 heteroatoms. The summed E-state index contributed by atoms with van der Waals surface area (Å²) in [5, 5.41) is 0. The molecule has 112 valence electrons. The van der Waals surface area contributed by atoms with Crippen LogP contribution in [0.3, 0.4) is 0 Å². The van der Waals surface area contributed by atoms with Crippen molar-refractivity contribution < 1.29 is 8.95 Å². The van der Waals surface area contributed by atoms with Gasteiger partial charge in [-0.15, -0.1) is 0 Å². The molecule has 0 N–H and O–H groups in total. The number of rotatable bonds is 6. The van der Waals surface area contributed by atoms with Crippen molar-refractivity contribution in [3.63, 3.8) is 0 Å². The van der Waals surface area contributed by atoms with Gasteiger partial charge in [0.15, 0.2) is 0 Å². The highest BCUT2D eigenvalue weighted by Crippen LogP contribution is 2.17. The molecule has 1 aliphatic rings. The van der Waals surface area contributed by atoms with Gasteiger partial charge in [0.25, 0.3) is 0 Å². The average Bonchev–Trinajstić information content (AvgIpc) is 2.41. The molecule has 0 spiro atoms. The van der Waals surface area contributed by atoms with Crippen LogP contribution in [0.4, 0.5) is 0 Å². The van der Waals surface area contributed by atoms with Crippen LogP contribution in [0.1, 0.15) is 37.8 Å². The van der Waals surface area contributed by atoms with Crippen molar-refractivity contribution in [3.8, 4) is 0 Å². The van der Waals surface area contributed by atoms with E-state index in [1.165, 1.54) is 11.1 Å². The van der Waals surface area contributed by atoms with Crippen LogP contribution in [0, 0.1) is 11.8 Å². The molecule has 1 aliphatic heterocycles. The highest BCUT2D eigenvalue weighted by atomic mass is 32.2. The lowest BCUT2D eigenvalue weighted by Crippen LogP contribution is -2.21. The van der Waals surface area contributed by atoms with Crippen LogP contribution < -0.4 is 0 Å². The Kier molecular flexibility index (Phi) is 6.24. The van der Waals surface area contributed by atoms with Gasteiger partial charge < -0.3 is 4.74 Å².